The van der Waals surface area contributed by atoms with Crippen LogP contribution in [0.4, 0.5) is 5.69 Å². The number of hydrogen-bond donors (Lipinski definition) is 1. The molecule has 1 N–H and O–H groups in total. The molecule has 0 bridgehead atoms. The fraction of sp³-hybridized carbons (Fsp3) is 0.357. The molecule has 1 heterocycles. The summed E-state index contributed by atoms with van der Waals surface area (Å²) in [6.07, 6.45) is 0.387. The van der Waals surface area contributed by atoms with Crippen LogP contribution in [0.3, 0.4) is 0 Å². The maximum atomic E-state index is 12.0. The first-order valence-corrected chi connectivity index (χ1v) is 8.37. The summed E-state index contributed by atoms with van der Waals surface area (Å²) in [5, 5.41) is 11.7. The van der Waals surface area contributed by atoms with Crippen molar-refractivity contribution in [3.63, 3.8) is 0 Å². The van der Waals surface area contributed by atoms with E-state index in [1.807, 2.05) is 6.92 Å². The molecule has 0 spiro atoms. The number of aryl methyl sites for hydroxylation is 1. The maximum absolute atomic E-state index is 12.0. The zero-order valence-electron chi connectivity index (χ0n) is 12.6. The van der Waals surface area contributed by atoms with Crippen molar-refractivity contribution in [1.29, 1.82) is 0 Å². The molecule has 2 rings (SSSR count). The molecule has 0 radical (unpaired) electrons. The Morgan fingerprint density at radius 3 is 2.77 bits per heavy atom. The summed E-state index contributed by atoms with van der Waals surface area (Å²) in [5.74, 6) is 1.83. The lowest BCUT2D eigenvalue weighted by atomic mass is 10.2. The van der Waals surface area contributed by atoms with E-state index in [4.69, 9.17) is 9.47 Å². The second kappa shape index (κ2) is 8.00. The number of carbonyl (C=O) groups excluding carboxylic acids is 1. The van der Waals surface area contributed by atoms with Gasteiger partial charge in [-0.25, -0.2) is 0 Å². The molecular formula is C14H17N3O3S2. The van der Waals surface area contributed by atoms with Gasteiger partial charge in [-0.2, -0.15) is 0 Å². The van der Waals surface area contributed by atoms with E-state index in [-0.39, 0.29) is 5.91 Å². The third-order valence-electron chi connectivity index (χ3n) is 2.74. The van der Waals surface area contributed by atoms with E-state index < -0.39 is 0 Å². The summed E-state index contributed by atoms with van der Waals surface area (Å²) >= 11 is 3.06. The Labute approximate surface area is 137 Å². The first kappa shape index (κ1) is 16.6. The molecule has 1 aromatic carbocycles. The molecule has 0 fully saturated rings. The van der Waals surface area contributed by atoms with Crippen LogP contribution in [-0.4, -0.2) is 36.1 Å². The van der Waals surface area contributed by atoms with Crippen molar-refractivity contribution in [1.82, 2.24) is 10.2 Å². The number of nitrogens with one attached hydrogen (secondary N) is 1. The third-order valence-corrected chi connectivity index (χ3v) is 4.72. The number of ether oxygens (including phenoxy) is 2. The molecule has 6 nitrogen and oxygen atoms in total. The average Bonchev–Trinajstić information content (AvgIpc) is 2.93. The van der Waals surface area contributed by atoms with Gasteiger partial charge in [0.15, 0.2) is 4.34 Å². The SMILES string of the molecule is COc1ccc(NC(=O)CCSc2nnc(C)s2)c(OC)c1. The van der Waals surface area contributed by atoms with Crippen LogP contribution in [0.25, 0.3) is 0 Å². The second-order valence-electron chi connectivity index (χ2n) is 4.30. The van der Waals surface area contributed by atoms with Crippen molar-refractivity contribution in [2.24, 2.45) is 0 Å². The van der Waals surface area contributed by atoms with E-state index in [2.05, 4.69) is 15.5 Å². The number of nitrogens with zero attached hydrogens (tertiary/aromatic N) is 2. The fourth-order valence-corrected chi connectivity index (χ4v) is 3.51. The first-order valence-electron chi connectivity index (χ1n) is 6.57. The Balaban J connectivity index is 1.86. The van der Waals surface area contributed by atoms with Crippen LogP contribution in [0, 0.1) is 6.92 Å². The molecule has 0 aliphatic rings. The summed E-state index contributed by atoms with van der Waals surface area (Å²) in [7, 11) is 3.14. The van der Waals surface area contributed by atoms with Gasteiger partial charge in [0.25, 0.3) is 0 Å². The van der Waals surface area contributed by atoms with Gasteiger partial charge in [-0.15, -0.1) is 10.2 Å². The van der Waals surface area contributed by atoms with Crippen LogP contribution in [0.2, 0.25) is 0 Å². The summed E-state index contributed by atoms with van der Waals surface area (Å²) in [4.78, 5) is 12.0. The highest BCUT2D eigenvalue weighted by atomic mass is 32.2. The van der Waals surface area contributed by atoms with Crippen LogP contribution in [0.1, 0.15) is 11.4 Å². The standard InChI is InChI=1S/C14H17N3O3S2/c1-9-16-17-14(22-9)21-7-6-13(18)15-11-5-4-10(19-2)8-12(11)20-3/h4-5,8H,6-7H2,1-3H3,(H,15,18). The number of carbonyl (C=O) groups is 1. The minimum Gasteiger partial charge on any atom is -0.497 e. The average molecular weight is 339 g/mol. The van der Waals surface area contributed by atoms with Crippen LogP contribution in [-0.2, 0) is 4.79 Å². The quantitative estimate of drug-likeness (QED) is 0.782. The van der Waals surface area contributed by atoms with Crippen molar-refractivity contribution in [3.8, 4) is 11.5 Å². The summed E-state index contributed by atoms with van der Waals surface area (Å²) < 4.78 is 11.3. The molecule has 22 heavy (non-hydrogen) atoms. The highest BCUT2D eigenvalue weighted by Crippen LogP contribution is 2.29. The predicted molar refractivity (Wildman–Crippen MR) is 88.2 cm³/mol. The van der Waals surface area contributed by atoms with Gasteiger partial charge >= 0.3 is 0 Å². The number of benzene rings is 1. The number of hydrogen-bond acceptors (Lipinski definition) is 7. The van der Waals surface area contributed by atoms with Gasteiger partial charge in [0.1, 0.15) is 16.5 Å². The van der Waals surface area contributed by atoms with Crippen LogP contribution >= 0.6 is 23.1 Å². The summed E-state index contributed by atoms with van der Waals surface area (Å²) in [6.45, 7) is 1.91. The van der Waals surface area contributed by atoms with Crippen molar-refractivity contribution < 1.29 is 14.3 Å². The lowest BCUT2D eigenvalue weighted by molar-refractivity contribution is -0.115. The van der Waals surface area contributed by atoms with Crippen molar-refractivity contribution in [3.05, 3.63) is 23.2 Å². The molecule has 0 aliphatic heterocycles. The van der Waals surface area contributed by atoms with E-state index in [1.54, 1.807) is 32.4 Å². The highest BCUT2D eigenvalue weighted by molar-refractivity contribution is 8.01. The number of amides is 1. The van der Waals surface area contributed by atoms with Crippen LogP contribution in [0.15, 0.2) is 22.5 Å². The first-order chi connectivity index (χ1) is 10.6. The van der Waals surface area contributed by atoms with Gasteiger partial charge < -0.3 is 14.8 Å². The molecule has 118 valence electrons. The zero-order valence-corrected chi connectivity index (χ0v) is 14.2. The lowest BCUT2D eigenvalue weighted by Crippen LogP contribution is -2.13. The summed E-state index contributed by atoms with van der Waals surface area (Å²) in [5.41, 5.74) is 0.630. The molecule has 1 amide bonds. The number of anilines is 1. The van der Waals surface area contributed by atoms with E-state index in [0.29, 0.717) is 29.4 Å². The van der Waals surface area contributed by atoms with E-state index in [0.717, 1.165) is 9.35 Å². The monoisotopic (exact) mass is 339 g/mol. The van der Waals surface area contributed by atoms with E-state index >= 15 is 0 Å². The fourth-order valence-electron chi connectivity index (χ4n) is 1.68. The van der Waals surface area contributed by atoms with Crippen LogP contribution in [0.5, 0.6) is 11.5 Å². The van der Waals surface area contributed by atoms with Gasteiger partial charge in [-0.05, 0) is 19.1 Å². The normalized spacial score (nSPS) is 10.3. The molecule has 0 aliphatic carbocycles. The maximum Gasteiger partial charge on any atom is 0.225 e. The lowest BCUT2D eigenvalue weighted by Gasteiger charge is -2.11. The van der Waals surface area contributed by atoms with Gasteiger partial charge in [0, 0.05) is 18.2 Å². The van der Waals surface area contributed by atoms with Gasteiger partial charge in [-0.1, -0.05) is 23.1 Å². The Morgan fingerprint density at radius 1 is 1.32 bits per heavy atom. The molecule has 0 saturated carbocycles. The summed E-state index contributed by atoms with van der Waals surface area (Å²) in [6, 6.07) is 5.27. The minimum atomic E-state index is -0.0720. The number of rotatable bonds is 7. The molecule has 2 aromatic rings. The predicted octanol–water partition coefficient (Wildman–Crippen LogP) is 2.98. The van der Waals surface area contributed by atoms with Gasteiger partial charge in [0.2, 0.25) is 5.91 Å². The Kier molecular flexibility index (Phi) is 6.02. The van der Waals surface area contributed by atoms with Gasteiger partial charge in [-0.3, -0.25) is 4.79 Å². The largest absolute Gasteiger partial charge is 0.497 e. The Bertz CT molecular complexity index is 646. The topological polar surface area (TPSA) is 73.3 Å². The van der Waals surface area contributed by atoms with E-state index in [9.17, 15) is 4.79 Å². The molecule has 0 saturated heterocycles. The third kappa shape index (κ3) is 4.60. The van der Waals surface area contributed by atoms with E-state index in [1.165, 1.54) is 23.1 Å². The van der Waals surface area contributed by atoms with Crippen molar-refractivity contribution in [2.75, 3.05) is 25.3 Å². The number of methoxy groups -OCH3 is 2. The molecule has 1 aromatic heterocycles. The van der Waals surface area contributed by atoms with Crippen molar-refractivity contribution >= 4 is 34.7 Å². The molecule has 0 unspecified atom stereocenters. The number of thioether (sulfide) groups is 1. The molecular weight excluding hydrogens is 322 g/mol. The molecule has 8 heteroatoms. The van der Waals surface area contributed by atoms with Crippen LogP contribution < -0.4 is 14.8 Å². The highest BCUT2D eigenvalue weighted by Gasteiger charge is 2.10. The Hall–Kier alpha value is -1.80. The smallest absolute Gasteiger partial charge is 0.225 e. The Morgan fingerprint density at radius 2 is 2.14 bits per heavy atom. The second-order valence-corrected chi connectivity index (χ2v) is 6.82. The minimum absolute atomic E-state index is 0.0720. The van der Waals surface area contributed by atoms with Gasteiger partial charge in [0.05, 0.1) is 19.9 Å². The molecule has 0 atom stereocenters. The number of aromatic nitrogens is 2. The van der Waals surface area contributed by atoms with Crippen molar-refractivity contribution in [2.45, 2.75) is 17.7 Å². The zero-order chi connectivity index (χ0) is 15.9.